The Kier molecular flexibility index (Phi) is 4.68. The van der Waals surface area contributed by atoms with Crippen LogP contribution in [0.15, 0.2) is 60.7 Å². The van der Waals surface area contributed by atoms with E-state index in [4.69, 9.17) is 15.5 Å². The van der Waals surface area contributed by atoms with Gasteiger partial charge < -0.3 is 10.5 Å². The van der Waals surface area contributed by atoms with Gasteiger partial charge in [-0.2, -0.15) is 5.26 Å². The van der Waals surface area contributed by atoms with Gasteiger partial charge in [-0.15, -0.1) is 0 Å². The maximum atomic E-state index is 12.3. The molecule has 5 rings (SSSR count). The first-order chi connectivity index (χ1) is 15.1. The molecule has 2 aromatic carbocycles. The van der Waals surface area contributed by atoms with Crippen molar-refractivity contribution in [1.82, 2.24) is 4.98 Å². The van der Waals surface area contributed by atoms with Crippen LogP contribution in [-0.4, -0.2) is 24.0 Å². The molecule has 31 heavy (non-hydrogen) atoms. The Morgan fingerprint density at radius 3 is 2.48 bits per heavy atom. The lowest BCUT2D eigenvalue weighted by molar-refractivity contribution is -0.121. The molecular weight excluding hydrogens is 388 g/mol. The van der Waals surface area contributed by atoms with Crippen LogP contribution in [-0.2, 0) is 10.3 Å². The summed E-state index contributed by atoms with van der Waals surface area (Å²) in [5.74, 6) is 0.114. The zero-order valence-electron chi connectivity index (χ0n) is 17.0. The fraction of sp³-hybridized carbons (Fsp3) is 0.240. The quantitative estimate of drug-likeness (QED) is 0.656. The van der Waals surface area contributed by atoms with Crippen LogP contribution in [0.2, 0.25) is 0 Å². The third-order valence-corrected chi connectivity index (χ3v) is 6.19. The lowest BCUT2D eigenvalue weighted by Crippen LogP contribution is -2.43. The fourth-order valence-electron chi connectivity index (χ4n) is 4.24. The van der Waals surface area contributed by atoms with Gasteiger partial charge in [0.15, 0.2) is 6.61 Å². The first kappa shape index (κ1) is 19.3. The highest BCUT2D eigenvalue weighted by Gasteiger charge is 2.34. The summed E-state index contributed by atoms with van der Waals surface area (Å²) in [6, 6.07) is 22.1. The summed E-state index contributed by atoms with van der Waals surface area (Å²) in [6.45, 7) is -0.168. The Labute approximate surface area is 180 Å². The summed E-state index contributed by atoms with van der Waals surface area (Å²) >= 11 is 0. The number of anilines is 1. The first-order valence-electron chi connectivity index (χ1n) is 10.4. The van der Waals surface area contributed by atoms with Crippen LogP contribution >= 0.6 is 0 Å². The van der Waals surface area contributed by atoms with Gasteiger partial charge in [0.1, 0.15) is 12.2 Å². The average Bonchev–Trinajstić information content (AvgIpc) is 2.79. The monoisotopic (exact) mass is 410 g/mol. The smallest absolute Gasteiger partial charge is 0.266 e. The molecule has 0 spiro atoms. The summed E-state index contributed by atoms with van der Waals surface area (Å²) in [6.07, 6.45) is 3.18. The predicted octanol–water partition coefficient (Wildman–Crippen LogP) is 4.00. The number of rotatable bonds is 4. The number of pyridine rings is 1. The van der Waals surface area contributed by atoms with Crippen LogP contribution in [0.3, 0.4) is 0 Å². The summed E-state index contributed by atoms with van der Waals surface area (Å²) < 4.78 is 5.64. The van der Waals surface area contributed by atoms with Crippen LogP contribution < -0.4 is 15.4 Å². The van der Waals surface area contributed by atoms with Crippen molar-refractivity contribution in [3.05, 3.63) is 66.2 Å². The number of hydrogen-bond acceptors (Lipinski definition) is 5. The van der Waals surface area contributed by atoms with Gasteiger partial charge >= 0.3 is 0 Å². The van der Waals surface area contributed by atoms with E-state index in [1.165, 1.54) is 4.90 Å². The molecule has 1 aliphatic heterocycles. The number of aromatic nitrogens is 1. The molecule has 1 saturated carbocycles. The summed E-state index contributed by atoms with van der Waals surface area (Å²) in [5.41, 5.74) is 11.5. The Balaban J connectivity index is 1.65. The van der Waals surface area contributed by atoms with E-state index in [2.05, 4.69) is 18.2 Å². The Morgan fingerprint density at radius 2 is 1.84 bits per heavy atom. The molecule has 0 bridgehead atoms. The van der Waals surface area contributed by atoms with Gasteiger partial charge in [0, 0.05) is 16.7 Å². The van der Waals surface area contributed by atoms with Gasteiger partial charge in [0.2, 0.25) is 5.88 Å². The normalized spacial score (nSPS) is 16.6. The molecule has 0 radical (unpaired) electrons. The first-order valence-corrected chi connectivity index (χ1v) is 10.4. The van der Waals surface area contributed by atoms with Crippen molar-refractivity contribution in [3.63, 3.8) is 0 Å². The molecule has 1 amide bonds. The van der Waals surface area contributed by atoms with Gasteiger partial charge in [0.05, 0.1) is 11.8 Å². The second-order valence-electron chi connectivity index (χ2n) is 8.09. The minimum absolute atomic E-state index is 0.0439. The number of benzene rings is 2. The van der Waals surface area contributed by atoms with Crippen LogP contribution in [0, 0.1) is 11.3 Å². The van der Waals surface area contributed by atoms with Gasteiger partial charge in [-0.3, -0.25) is 9.69 Å². The SMILES string of the molecule is N#CCN1C(=O)COc2nc(-c3ccc(C4(N)CCC4)cc3)c(-c3ccccc3)cc21. The molecule has 0 atom stereocenters. The molecular formula is C25H22N4O2. The average molecular weight is 410 g/mol. The number of carbonyl (C=O) groups is 1. The van der Waals surface area contributed by atoms with Crippen LogP contribution in [0.25, 0.3) is 22.4 Å². The van der Waals surface area contributed by atoms with Crippen molar-refractivity contribution in [3.8, 4) is 34.3 Å². The fourth-order valence-corrected chi connectivity index (χ4v) is 4.24. The van der Waals surface area contributed by atoms with Gasteiger partial charge in [-0.1, -0.05) is 54.6 Å². The number of hydrogen-bond donors (Lipinski definition) is 1. The molecule has 0 unspecified atom stereocenters. The highest BCUT2D eigenvalue weighted by atomic mass is 16.5. The van der Waals surface area contributed by atoms with Crippen molar-refractivity contribution in [2.75, 3.05) is 18.1 Å². The number of nitrogens with two attached hydrogens (primary N) is 1. The molecule has 1 aliphatic carbocycles. The number of nitriles is 1. The zero-order chi connectivity index (χ0) is 21.4. The maximum absolute atomic E-state index is 12.3. The Morgan fingerprint density at radius 1 is 1.10 bits per heavy atom. The van der Waals surface area contributed by atoms with Crippen LogP contribution in [0.1, 0.15) is 24.8 Å². The molecule has 1 fully saturated rings. The second-order valence-corrected chi connectivity index (χ2v) is 8.09. The zero-order valence-corrected chi connectivity index (χ0v) is 17.0. The number of nitrogens with zero attached hydrogens (tertiary/aromatic N) is 3. The number of carbonyl (C=O) groups excluding carboxylic acids is 1. The third kappa shape index (κ3) is 3.33. The van der Waals surface area contributed by atoms with Gasteiger partial charge in [0.25, 0.3) is 5.91 Å². The minimum Gasteiger partial charge on any atom is -0.466 e. The maximum Gasteiger partial charge on any atom is 0.266 e. The molecule has 6 heteroatoms. The lowest BCUT2D eigenvalue weighted by atomic mass is 9.72. The van der Waals surface area contributed by atoms with E-state index in [0.717, 1.165) is 47.2 Å². The Bertz CT molecular complexity index is 1180. The van der Waals surface area contributed by atoms with E-state index in [-0.39, 0.29) is 24.6 Å². The van der Waals surface area contributed by atoms with E-state index in [9.17, 15) is 10.1 Å². The highest BCUT2D eigenvalue weighted by Crippen LogP contribution is 2.42. The van der Waals surface area contributed by atoms with Crippen molar-refractivity contribution >= 4 is 11.6 Å². The van der Waals surface area contributed by atoms with Crippen molar-refractivity contribution < 1.29 is 9.53 Å². The van der Waals surface area contributed by atoms with Crippen molar-refractivity contribution in [1.29, 1.82) is 5.26 Å². The number of fused-ring (bicyclic) bond motifs is 1. The second kappa shape index (κ2) is 7.53. The summed E-state index contributed by atoms with van der Waals surface area (Å²) in [5, 5.41) is 9.18. The molecule has 2 aliphatic rings. The molecule has 2 heterocycles. The largest absolute Gasteiger partial charge is 0.466 e. The van der Waals surface area contributed by atoms with E-state index >= 15 is 0 Å². The lowest BCUT2D eigenvalue weighted by Gasteiger charge is -2.38. The van der Waals surface area contributed by atoms with Gasteiger partial charge in [-0.25, -0.2) is 4.98 Å². The van der Waals surface area contributed by atoms with E-state index in [1.54, 1.807) is 0 Å². The van der Waals surface area contributed by atoms with Crippen LogP contribution in [0.5, 0.6) is 5.88 Å². The molecule has 0 saturated heterocycles. The van der Waals surface area contributed by atoms with E-state index < -0.39 is 0 Å². The molecule has 3 aromatic rings. The van der Waals surface area contributed by atoms with E-state index in [0.29, 0.717) is 11.6 Å². The molecule has 154 valence electrons. The number of amides is 1. The topological polar surface area (TPSA) is 92.2 Å². The molecule has 1 aromatic heterocycles. The Hall–Kier alpha value is -3.69. The van der Waals surface area contributed by atoms with Crippen molar-refractivity contribution in [2.24, 2.45) is 5.73 Å². The summed E-state index contributed by atoms with van der Waals surface area (Å²) in [7, 11) is 0. The summed E-state index contributed by atoms with van der Waals surface area (Å²) in [4.78, 5) is 18.6. The third-order valence-electron chi connectivity index (χ3n) is 6.19. The van der Waals surface area contributed by atoms with Crippen molar-refractivity contribution in [2.45, 2.75) is 24.8 Å². The molecule has 2 N–H and O–H groups in total. The highest BCUT2D eigenvalue weighted by molar-refractivity contribution is 5.99. The standard InChI is InChI=1S/C25H22N4O2/c26-13-14-29-21-15-20(17-5-2-1-3-6-17)23(28-24(21)31-16-22(29)30)18-7-9-19(10-8-18)25(27)11-4-12-25/h1-3,5-10,15H,4,11-12,14,16,27H2. The minimum atomic E-state index is -0.249. The van der Waals surface area contributed by atoms with Gasteiger partial charge in [-0.05, 0) is 36.5 Å². The number of ether oxygens (including phenoxy) is 1. The molecule has 6 nitrogen and oxygen atoms in total. The van der Waals surface area contributed by atoms with E-state index in [1.807, 2.05) is 48.5 Å². The predicted molar refractivity (Wildman–Crippen MR) is 118 cm³/mol. The van der Waals surface area contributed by atoms with Crippen LogP contribution in [0.4, 0.5) is 5.69 Å².